The van der Waals surface area contributed by atoms with Gasteiger partial charge in [-0.1, -0.05) is 23.5 Å². The van der Waals surface area contributed by atoms with E-state index < -0.39 is 0 Å². The molecule has 3 atom stereocenters. The maximum absolute atomic E-state index is 11.5. The first-order chi connectivity index (χ1) is 10.2. The molecule has 2 aliphatic rings. The van der Waals surface area contributed by atoms with Gasteiger partial charge in [-0.2, -0.15) is 0 Å². The number of aromatic nitrogens is 1. The highest BCUT2D eigenvalue weighted by molar-refractivity contribution is 7.22. The second-order valence-electron chi connectivity index (χ2n) is 6.23. The molecule has 4 rings (SSSR count). The number of para-hydroxylation sites is 1. The first-order valence-corrected chi connectivity index (χ1v) is 8.37. The highest BCUT2D eigenvalue weighted by atomic mass is 32.1. The van der Waals surface area contributed by atoms with Crippen LogP contribution in [0.2, 0.25) is 0 Å². The van der Waals surface area contributed by atoms with Crippen LogP contribution in [0.1, 0.15) is 19.3 Å². The first-order valence-electron chi connectivity index (χ1n) is 7.56. The lowest BCUT2D eigenvalue weighted by molar-refractivity contribution is -0.124. The first kappa shape index (κ1) is 13.1. The number of thiazole rings is 1. The molecule has 5 heteroatoms. The zero-order valence-corrected chi connectivity index (χ0v) is 12.9. The summed E-state index contributed by atoms with van der Waals surface area (Å²) in [7, 11) is 2.15. The topological polar surface area (TPSA) is 45.2 Å². The van der Waals surface area contributed by atoms with Gasteiger partial charge < -0.3 is 10.2 Å². The highest BCUT2D eigenvalue weighted by Crippen LogP contribution is 2.40. The third-order valence-corrected chi connectivity index (χ3v) is 6.08. The number of fused-ring (bicyclic) bond motifs is 2. The van der Waals surface area contributed by atoms with E-state index in [-0.39, 0.29) is 5.91 Å². The third-order valence-electron chi connectivity index (χ3n) is 4.96. The lowest BCUT2D eigenvalue weighted by Gasteiger charge is -2.24. The largest absolute Gasteiger partial charge is 0.356 e. The van der Waals surface area contributed by atoms with Gasteiger partial charge in [0.2, 0.25) is 5.91 Å². The van der Waals surface area contributed by atoms with E-state index in [0.29, 0.717) is 24.3 Å². The maximum atomic E-state index is 11.5. The Balaban J connectivity index is 1.55. The second kappa shape index (κ2) is 4.98. The standard InChI is InChI=1S/C16H19N3OS/c1-19(16-18-13-4-2-3-5-14(13)21-16)12-6-10-8-15(20)17-9-11(10)7-12/h2-5,10-12H,6-9H2,1H3,(H,17,20)/t10-,11+,12-/m0/s1. The van der Waals surface area contributed by atoms with Crippen molar-refractivity contribution in [3.8, 4) is 0 Å². The number of nitrogens with zero attached hydrogens (tertiary/aromatic N) is 2. The van der Waals surface area contributed by atoms with Crippen LogP contribution in [0.5, 0.6) is 0 Å². The number of hydrogen-bond donors (Lipinski definition) is 1. The van der Waals surface area contributed by atoms with Crippen molar-refractivity contribution in [2.45, 2.75) is 25.3 Å². The molecule has 2 aromatic rings. The number of nitrogens with one attached hydrogen (secondary N) is 1. The minimum atomic E-state index is 0.222. The fraction of sp³-hybridized carbons (Fsp3) is 0.500. The summed E-state index contributed by atoms with van der Waals surface area (Å²) in [5, 5.41) is 4.10. The van der Waals surface area contributed by atoms with Crippen molar-refractivity contribution in [2.24, 2.45) is 11.8 Å². The molecule has 4 nitrogen and oxygen atoms in total. The summed E-state index contributed by atoms with van der Waals surface area (Å²) < 4.78 is 1.24. The second-order valence-corrected chi connectivity index (χ2v) is 7.24. The van der Waals surface area contributed by atoms with Crippen molar-refractivity contribution in [3.05, 3.63) is 24.3 Å². The van der Waals surface area contributed by atoms with E-state index in [2.05, 4.69) is 35.5 Å². The molecule has 1 N–H and O–H groups in total. The van der Waals surface area contributed by atoms with Crippen LogP contribution in [0.25, 0.3) is 10.2 Å². The Morgan fingerprint density at radius 2 is 2.10 bits per heavy atom. The van der Waals surface area contributed by atoms with Gasteiger partial charge >= 0.3 is 0 Å². The summed E-state index contributed by atoms with van der Waals surface area (Å²) >= 11 is 1.76. The number of amides is 1. The summed E-state index contributed by atoms with van der Waals surface area (Å²) in [6, 6.07) is 8.80. The lowest BCUT2D eigenvalue weighted by Crippen LogP contribution is -2.38. The van der Waals surface area contributed by atoms with Gasteiger partial charge in [0.1, 0.15) is 0 Å². The summed E-state index contributed by atoms with van der Waals surface area (Å²) in [5.74, 6) is 1.42. The normalized spacial score (nSPS) is 28.4. The van der Waals surface area contributed by atoms with Crippen molar-refractivity contribution in [3.63, 3.8) is 0 Å². The molecule has 0 spiro atoms. The van der Waals surface area contributed by atoms with Crippen LogP contribution < -0.4 is 10.2 Å². The van der Waals surface area contributed by atoms with Crippen LogP contribution in [0.4, 0.5) is 5.13 Å². The summed E-state index contributed by atoms with van der Waals surface area (Å²) in [6.07, 6.45) is 2.98. The maximum Gasteiger partial charge on any atom is 0.220 e. The Hall–Kier alpha value is -1.62. The fourth-order valence-electron chi connectivity index (χ4n) is 3.72. The number of benzene rings is 1. The molecule has 1 aromatic carbocycles. The Morgan fingerprint density at radius 1 is 1.29 bits per heavy atom. The van der Waals surface area contributed by atoms with E-state index in [9.17, 15) is 4.79 Å². The van der Waals surface area contributed by atoms with Gasteiger partial charge in [0.15, 0.2) is 5.13 Å². The predicted molar refractivity (Wildman–Crippen MR) is 85.7 cm³/mol. The van der Waals surface area contributed by atoms with Crippen molar-refractivity contribution in [1.29, 1.82) is 0 Å². The molecular formula is C16H19N3OS. The zero-order valence-electron chi connectivity index (χ0n) is 12.1. The van der Waals surface area contributed by atoms with E-state index in [1.807, 2.05) is 6.07 Å². The molecule has 2 fully saturated rings. The van der Waals surface area contributed by atoms with Gasteiger partial charge in [0, 0.05) is 26.1 Å². The van der Waals surface area contributed by atoms with Crippen LogP contribution >= 0.6 is 11.3 Å². The minimum Gasteiger partial charge on any atom is -0.356 e. The average Bonchev–Trinajstić information content (AvgIpc) is 3.09. The number of piperidine rings is 1. The molecule has 110 valence electrons. The molecule has 1 aromatic heterocycles. The Labute approximate surface area is 128 Å². The van der Waals surface area contributed by atoms with Crippen LogP contribution in [0.15, 0.2) is 24.3 Å². The van der Waals surface area contributed by atoms with Gasteiger partial charge in [-0.25, -0.2) is 4.98 Å². The lowest BCUT2D eigenvalue weighted by atomic mass is 9.89. The average molecular weight is 301 g/mol. The van der Waals surface area contributed by atoms with Crippen LogP contribution in [0, 0.1) is 11.8 Å². The molecule has 1 amide bonds. The zero-order chi connectivity index (χ0) is 14.4. The van der Waals surface area contributed by atoms with E-state index in [0.717, 1.165) is 30.0 Å². The molecule has 1 aliphatic heterocycles. The molecular weight excluding hydrogens is 282 g/mol. The predicted octanol–water partition coefficient (Wildman–Crippen LogP) is 2.65. The van der Waals surface area contributed by atoms with Gasteiger partial charge in [-0.05, 0) is 36.8 Å². The number of carbonyl (C=O) groups is 1. The minimum absolute atomic E-state index is 0.222. The molecule has 0 bridgehead atoms. The molecule has 0 unspecified atom stereocenters. The van der Waals surface area contributed by atoms with Crippen molar-refractivity contribution in [2.75, 3.05) is 18.5 Å². The third kappa shape index (κ3) is 2.29. The molecule has 1 saturated carbocycles. The highest BCUT2D eigenvalue weighted by Gasteiger charge is 2.40. The van der Waals surface area contributed by atoms with Crippen molar-refractivity contribution >= 4 is 32.6 Å². The van der Waals surface area contributed by atoms with E-state index >= 15 is 0 Å². The number of anilines is 1. The van der Waals surface area contributed by atoms with Gasteiger partial charge in [0.05, 0.1) is 10.2 Å². The smallest absolute Gasteiger partial charge is 0.220 e. The SMILES string of the molecule is CN(c1nc2ccccc2s1)[C@H]1C[C@H]2CC(=O)NC[C@H]2C1. The molecule has 2 heterocycles. The van der Waals surface area contributed by atoms with Gasteiger partial charge in [-0.15, -0.1) is 0 Å². The number of carbonyl (C=O) groups excluding carboxylic acids is 1. The van der Waals surface area contributed by atoms with Crippen LogP contribution in [-0.4, -0.2) is 30.5 Å². The van der Waals surface area contributed by atoms with E-state index in [4.69, 9.17) is 4.98 Å². The quantitative estimate of drug-likeness (QED) is 0.927. The molecule has 1 saturated heterocycles. The summed E-state index contributed by atoms with van der Waals surface area (Å²) in [4.78, 5) is 18.6. The van der Waals surface area contributed by atoms with Crippen LogP contribution in [-0.2, 0) is 4.79 Å². The number of rotatable bonds is 2. The van der Waals surface area contributed by atoms with Gasteiger partial charge in [0.25, 0.3) is 0 Å². The Kier molecular flexibility index (Phi) is 3.10. The van der Waals surface area contributed by atoms with Crippen molar-refractivity contribution in [1.82, 2.24) is 10.3 Å². The van der Waals surface area contributed by atoms with Gasteiger partial charge in [-0.3, -0.25) is 4.79 Å². The Morgan fingerprint density at radius 3 is 2.95 bits per heavy atom. The molecule has 21 heavy (non-hydrogen) atoms. The van der Waals surface area contributed by atoms with E-state index in [1.165, 1.54) is 4.70 Å². The number of hydrogen-bond acceptors (Lipinski definition) is 4. The monoisotopic (exact) mass is 301 g/mol. The molecule has 0 radical (unpaired) electrons. The molecule has 1 aliphatic carbocycles. The van der Waals surface area contributed by atoms with Crippen molar-refractivity contribution < 1.29 is 4.79 Å². The van der Waals surface area contributed by atoms with Crippen LogP contribution in [0.3, 0.4) is 0 Å². The summed E-state index contributed by atoms with van der Waals surface area (Å²) in [6.45, 7) is 0.855. The van der Waals surface area contributed by atoms with E-state index in [1.54, 1.807) is 11.3 Å². The Bertz CT molecular complexity index is 650. The summed E-state index contributed by atoms with van der Waals surface area (Å²) in [5.41, 5.74) is 1.08. The fourth-order valence-corrected chi connectivity index (χ4v) is 4.72.